The molecule has 0 saturated heterocycles. The van der Waals surface area contributed by atoms with Gasteiger partial charge in [0.05, 0.1) is 6.10 Å². The lowest BCUT2D eigenvalue weighted by Gasteiger charge is -2.16. The van der Waals surface area contributed by atoms with E-state index in [0.29, 0.717) is 0 Å². The Bertz CT molecular complexity index is 310. The van der Waals surface area contributed by atoms with Crippen molar-refractivity contribution in [2.24, 2.45) is 5.73 Å². The highest BCUT2D eigenvalue weighted by atomic mass is 79.9. The minimum absolute atomic E-state index is 0.00292. The molecule has 1 atom stereocenters. The molecule has 1 aromatic rings. The second-order valence-corrected chi connectivity index (χ2v) is 4.55. The fourth-order valence-corrected chi connectivity index (χ4v) is 1.58. The second-order valence-electron chi connectivity index (χ2n) is 3.64. The number of halogens is 1. The van der Waals surface area contributed by atoms with Crippen LogP contribution in [-0.2, 0) is 0 Å². The van der Waals surface area contributed by atoms with E-state index in [4.69, 9.17) is 10.5 Å². The minimum Gasteiger partial charge on any atom is -0.491 e. The topological polar surface area (TPSA) is 35.2 Å². The first-order valence-electron chi connectivity index (χ1n) is 4.72. The van der Waals surface area contributed by atoms with Gasteiger partial charge in [0.1, 0.15) is 5.75 Å². The molecule has 0 saturated carbocycles. The van der Waals surface area contributed by atoms with Gasteiger partial charge in [0.25, 0.3) is 0 Å². The van der Waals surface area contributed by atoms with Crippen molar-refractivity contribution in [2.75, 3.05) is 0 Å². The van der Waals surface area contributed by atoms with Gasteiger partial charge in [-0.15, -0.1) is 0 Å². The summed E-state index contributed by atoms with van der Waals surface area (Å²) in [7, 11) is 0. The second kappa shape index (κ2) is 4.80. The van der Waals surface area contributed by atoms with Gasteiger partial charge in [-0.25, -0.2) is 0 Å². The number of benzene rings is 1. The zero-order valence-corrected chi connectivity index (χ0v) is 10.3. The van der Waals surface area contributed by atoms with Crippen LogP contribution in [0.2, 0.25) is 0 Å². The van der Waals surface area contributed by atoms with Gasteiger partial charge in [-0.2, -0.15) is 0 Å². The number of hydrogen-bond donors (Lipinski definition) is 1. The molecule has 0 fully saturated rings. The van der Waals surface area contributed by atoms with Gasteiger partial charge in [-0.05, 0) is 32.9 Å². The van der Waals surface area contributed by atoms with E-state index in [-0.39, 0.29) is 12.1 Å². The van der Waals surface area contributed by atoms with Crippen LogP contribution < -0.4 is 10.5 Å². The summed E-state index contributed by atoms with van der Waals surface area (Å²) in [5.41, 5.74) is 6.89. The van der Waals surface area contributed by atoms with E-state index in [2.05, 4.69) is 15.9 Å². The third-order valence-electron chi connectivity index (χ3n) is 1.83. The first-order valence-corrected chi connectivity index (χ1v) is 5.51. The van der Waals surface area contributed by atoms with Crippen LogP contribution in [0.3, 0.4) is 0 Å². The molecule has 3 heteroatoms. The Kier molecular flexibility index (Phi) is 3.96. The van der Waals surface area contributed by atoms with E-state index in [0.717, 1.165) is 15.8 Å². The van der Waals surface area contributed by atoms with Crippen LogP contribution in [0.5, 0.6) is 5.75 Å². The van der Waals surface area contributed by atoms with Crippen molar-refractivity contribution in [1.29, 1.82) is 0 Å². The molecule has 0 aromatic heterocycles. The van der Waals surface area contributed by atoms with Crippen molar-refractivity contribution in [3.8, 4) is 5.75 Å². The third-order valence-corrected chi connectivity index (χ3v) is 2.32. The molecule has 0 aliphatic heterocycles. The molecule has 0 bridgehead atoms. The Balaban J connectivity index is 3.03. The van der Waals surface area contributed by atoms with Crippen LogP contribution >= 0.6 is 15.9 Å². The molecule has 0 radical (unpaired) electrons. The van der Waals surface area contributed by atoms with E-state index >= 15 is 0 Å². The smallest absolute Gasteiger partial charge is 0.125 e. The summed E-state index contributed by atoms with van der Waals surface area (Å²) in [4.78, 5) is 0. The van der Waals surface area contributed by atoms with E-state index in [1.807, 2.05) is 39.0 Å². The molecular formula is C11H16BrNO. The molecule has 1 aromatic carbocycles. The Morgan fingerprint density at radius 1 is 1.29 bits per heavy atom. The van der Waals surface area contributed by atoms with Crippen molar-refractivity contribution in [1.82, 2.24) is 0 Å². The Morgan fingerprint density at radius 3 is 2.43 bits per heavy atom. The molecule has 0 unspecified atom stereocenters. The summed E-state index contributed by atoms with van der Waals surface area (Å²) < 4.78 is 6.69. The molecule has 2 N–H and O–H groups in total. The molecule has 0 spiro atoms. The van der Waals surface area contributed by atoms with Crippen LogP contribution in [0, 0.1) is 0 Å². The maximum Gasteiger partial charge on any atom is 0.125 e. The van der Waals surface area contributed by atoms with Crippen LogP contribution in [0.1, 0.15) is 32.4 Å². The largest absolute Gasteiger partial charge is 0.491 e. The molecule has 0 amide bonds. The summed E-state index contributed by atoms with van der Waals surface area (Å²) in [6.07, 6.45) is 0.168. The molecule has 0 aliphatic carbocycles. The van der Waals surface area contributed by atoms with Crippen LogP contribution in [-0.4, -0.2) is 6.10 Å². The fourth-order valence-electron chi connectivity index (χ4n) is 1.24. The molecule has 78 valence electrons. The molecular weight excluding hydrogens is 242 g/mol. The summed E-state index contributed by atoms with van der Waals surface area (Å²) in [5, 5.41) is 0. The summed E-state index contributed by atoms with van der Waals surface area (Å²) in [6.45, 7) is 5.97. The number of rotatable bonds is 3. The highest BCUT2D eigenvalue weighted by molar-refractivity contribution is 9.10. The maximum atomic E-state index is 5.85. The van der Waals surface area contributed by atoms with Gasteiger partial charge in [-0.1, -0.05) is 22.0 Å². The quantitative estimate of drug-likeness (QED) is 0.903. The summed E-state index contributed by atoms with van der Waals surface area (Å²) >= 11 is 3.41. The number of hydrogen-bond acceptors (Lipinski definition) is 2. The van der Waals surface area contributed by atoms with Crippen LogP contribution in [0.15, 0.2) is 22.7 Å². The highest BCUT2D eigenvalue weighted by Gasteiger charge is 2.09. The number of nitrogens with two attached hydrogens (primary N) is 1. The maximum absolute atomic E-state index is 5.85. The van der Waals surface area contributed by atoms with E-state index in [9.17, 15) is 0 Å². The van der Waals surface area contributed by atoms with Gasteiger partial charge < -0.3 is 10.5 Å². The average Bonchev–Trinajstić information content (AvgIpc) is 2.01. The van der Waals surface area contributed by atoms with Gasteiger partial charge in [0, 0.05) is 16.1 Å². The van der Waals surface area contributed by atoms with Gasteiger partial charge >= 0.3 is 0 Å². The van der Waals surface area contributed by atoms with E-state index in [1.165, 1.54) is 0 Å². The van der Waals surface area contributed by atoms with Gasteiger partial charge in [0.2, 0.25) is 0 Å². The van der Waals surface area contributed by atoms with Gasteiger partial charge in [0.15, 0.2) is 0 Å². The Morgan fingerprint density at radius 2 is 1.93 bits per heavy atom. The summed E-state index contributed by atoms with van der Waals surface area (Å²) in [6, 6.07) is 5.92. The predicted molar refractivity (Wildman–Crippen MR) is 62.5 cm³/mol. The van der Waals surface area contributed by atoms with E-state index < -0.39 is 0 Å². The van der Waals surface area contributed by atoms with Crippen molar-refractivity contribution in [3.05, 3.63) is 28.2 Å². The monoisotopic (exact) mass is 257 g/mol. The molecule has 0 aliphatic rings. The SMILES string of the molecule is CC(C)Oc1cc(Br)ccc1[C@H](C)N. The Labute approximate surface area is 93.6 Å². The van der Waals surface area contributed by atoms with Gasteiger partial charge in [-0.3, -0.25) is 0 Å². The highest BCUT2D eigenvalue weighted by Crippen LogP contribution is 2.28. The zero-order valence-electron chi connectivity index (χ0n) is 8.75. The lowest BCUT2D eigenvalue weighted by molar-refractivity contribution is 0.239. The Hall–Kier alpha value is -0.540. The van der Waals surface area contributed by atoms with Crippen molar-refractivity contribution < 1.29 is 4.74 Å². The lowest BCUT2D eigenvalue weighted by atomic mass is 10.1. The van der Waals surface area contributed by atoms with Crippen LogP contribution in [0.4, 0.5) is 0 Å². The molecule has 1 rings (SSSR count). The standard InChI is InChI=1S/C11H16BrNO/c1-7(2)14-11-6-9(12)4-5-10(11)8(3)13/h4-8H,13H2,1-3H3/t8-/m0/s1. The molecule has 2 nitrogen and oxygen atoms in total. The first-order chi connectivity index (χ1) is 6.50. The molecule has 0 heterocycles. The minimum atomic E-state index is -0.00292. The van der Waals surface area contributed by atoms with E-state index in [1.54, 1.807) is 0 Å². The summed E-state index contributed by atoms with van der Waals surface area (Å²) in [5.74, 6) is 0.865. The van der Waals surface area contributed by atoms with Crippen molar-refractivity contribution >= 4 is 15.9 Å². The normalized spacial score (nSPS) is 13.0. The molecule has 14 heavy (non-hydrogen) atoms. The first kappa shape index (κ1) is 11.5. The van der Waals surface area contributed by atoms with Crippen LogP contribution in [0.25, 0.3) is 0 Å². The van der Waals surface area contributed by atoms with Crippen molar-refractivity contribution in [3.63, 3.8) is 0 Å². The predicted octanol–water partition coefficient (Wildman–Crippen LogP) is 3.26. The number of ether oxygens (including phenoxy) is 1. The average molecular weight is 258 g/mol. The van der Waals surface area contributed by atoms with Crippen molar-refractivity contribution in [2.45, 2.75) is 32.9 Å². The third kappa shape index (κ3) is 3.00. The fraction of sp³-hybridized carbons (Fsp3) is 0.455. The lowest BCUT2D eigenvalue weighted by Crippen LogP contribution is -2.12. The zero-order chi connectivity index (χ0) is 10.7.